The second kappa shape index (κ2) is 6.89. The van der Waals surface area contributed by atoms with Gasteiger partial charge in [-0.3, -0.25) is 4.79 Å². The fraction of sp³-hybridized carbons (Fsp3) is 0.312. The van der Waals surface area contributed by atoms with Crippen LogP contribution in [0.2, 0.25) is 0 Å². The molecule has 1 aliphatic heterocycles. The van der Waals surface area contributed by atoms with E-state index in [9.17, 15) is 13.2 Å². The molecule has 1 amide bonds. The molecule has 0 atom stereocenters. The molecule has 118 valence electrons. The first-order valence-corrected chi connectivity index (χ1v) is 8.71. The van der Waals surface area contributed by atoms with Crippen LogP contribution in [0.25, 0.3) is 0 Å². The van der Waals surface area contributed by atoms with E-state index >= 15 is 0 Å². The molecule has 22 heavy (non-hydrogen) atoms. The van der Waals surface area contributed by atoms with Crippen LogP contribution in [0.15, 0.2) is 47.4 Å². The summed E-state index contributed by atoms with van der Waals surface area (Å²) in [4.78, 5) is 14.0. The molecule has 1 aromatic rings. The van der Waals surface area contributed by atoms with Crippen LogP contribution >= 0.6 is 0 Å². The quantitative estimate of drug-likeness (QED) is 0.666. The number of hydrogen-bond donors (Lipinski definition) is 1. The topological polar surface area (TPSA) is 66.5 Å². The van der Waals surface area contributed by atoms with Crippen LogP contribution < -0.4 is 9.62 Å². The van der Waals surface area contributed by atoms with Gasteiger partial charge in [0.2, 0.25) is 10.0 Å². The number of fused-ring (bicyclic) bond motifs is 1. The molecule has 6 heteroatoms. The number of amides is 1. The van der Waals surface area contributed by atoms with E-state index in [2.05, 4.69) is 4.72 Å². The Labute approximate surface area is 131 Å². The number of rotatable bonds is 5. The van der Waals surface area contributed by atoms with Gasteiger partial charge in [-0.15, -0.1) is 0 Å². The zero-order chi connectivity index (χ0) is 16.2. The monoisotopic (exact) mass is 320 g/mol. The number of sulfonamides is 1. The van der Waals surface area contributed by atoms with Gasteiger partial charge >= 0.3 is 0 Å². The molecule has 0 spiro atoms. The second-order valence-corrected chi connectivity index (χ2v) is 6.68. The number of carbonyl (C=O) groups is 1. The molecule has 0 fully saturated rings. The molecule has 0 aliphatic carbocycles. The summed E-state index contributed by atoms with van der Waals surface area (Å²) in [6.45, 7) is 4.50. The maximum absolute atomic E-state index is 12.2. The fourth-order valence-electron chi connectivity index (χ4n) is 2.37. The van der Waals surface area contributed by atoms with E-state index in [0.717, 1.165) is 12.0 Å². The Morgan fingerprint density at radius 3 is 2.82 bits per heavy atom. The summed E-state index contributed by atoms with van der Waals surface area (Å²) < 4.78 is 26.6. The van der Waals surface area contributed by atoms with Crippen LogP contribution in [0.3, 0.4) is 0 Å². The Hall–Kier alpha value is -1.92. The minimum absolute atomic E-state index is 0.144. The Balaban J connectivity index is 2.32. The number of nitrogens with one attached hydrogen (secondary N) is 1. The minimum atomic E-state index is -3.52. The van der Waals surface area contributed by atoms with E-state index in [1.807, 2.05) is 13.0 Å². The summed E-state index contributed by atoms with van der Waals surface area (Å²) in [6, 6.07) is 4.94. The van der Waals surface area contributed by atoms with Crippen LogP contribution in [0.4, 0.5) is 5.69 Å². The van der Waals surface area contributed by atoms with E-state index in [-0.39, 0.29) is 10.8 Å². The number of hydrogen-bond acceptors (Lipinski definition) is 3. The smallest absolute Gasteiger partial charge is 0.250 e. The van der Waals surface area contributed by atoms with E-state index in [1.54, 1.807) is 42.2 Å². The van der Waals surface area contributed by atoms with Crippen LogP contribution in [-0.4, -0.2) is 27.4 Å². The van der Waals surface area contributed by atoms with Gasteiger partial charge in [0, 0.05) is 24.9 Å². The van der Waals surface area contributed by atoms with Crippen molar-refractivity contribution in [2.45, 2.75) is 25.2 Å². The van der Waals surface area contributed by atoms with Crippen molar-refractivity contribution in [3.8, 4) is 0 Å². The minimum Gasteiger partial charge on any atom is -0.308 e. The molecule has 0 unspecified atom stereocenters. The van der Waals surface area contributed by atoms with Crippen molar-refractivity contribution < 1.29 is 13.2 Å². The van der Waals surface area contributed by atoms with Gasteiger partial charge in [0.25, 0.3) is 5.91 Å². The third-order valence-corrected chi connectivity index (χ3v) is 4.95. The normalized spacial score (nSPS) is 14.9. The molecule has 0 saturated carbocycles. The highest BCUT2D eigenvalue weighted by Crippen LogP contribution is 2.30. The average Bonchev–Trinajstić information content (AvgIpc) is 2.90. The first kappa shape index (κ1) is 16.5. The molecule has 0 aromatic heterocycles. The molecule has 1 aromatic carbocycles. The van der Waals surface area contributed by atoms with Crippen molar-refractivity contribution in [3.05, 3.63) is 48.1 Å². The van der Waals surface area contributed by atoms with Gasteiger partial charge in [-0.25, -0.2) is 13.1 Å². The van der Waals surface area contributed by atoms with Crippen molar-refractivity contribution in [2.75, 3.05) is 18.0 Å². The third-order valence-electron chi connectivity index (χ3n) is 3.41. The van der Waals surface area contributed by atoms with Crippen LogP contribution in [0, 0.1) is 0 Å². The fourth-order valence-corrected chi connectivity index (χ4v) is 3.43. The first-order valence-electron chi connectivity index (χ1n) is 7.23. The van der Waals surface area contributed by atoms with Gasteiger partial charge in [-0.05, 0) is 31.0 Å². The highest BCUT2D eigenvalue weighted by Gasteiger charge is 2.25. The molecule has 0 bridgehead atoms. The molecular formula is C16H20N2O3S. The average molecular weight is 320 g/mol. The van der Waals surface area contributed by atoms with Gasteiger partial charge in [-0.2, -0.15) is 0 Å². The highest BCUT2D eigenvalue weighted by atomic mass is 32.2. The Morgan fingerprint density at radius 1 is 1.36 bits per heavy atom. The maximum Gasteiger partial charge on any atom is 0.250 e. The standard InChI is InChI=1S/C16H20N2O3S/c1-3-5-6-7-16(19)18-11-10-13-8-9-14(12-15(13)18)22(20,21)17-4-2/h3,5-9,12,17H,4,10-11H2,1-2H3/b5-3+,7-6+. The Bertz CT molecular complexity index is 721. The summed E-state index contributed by atoms with van der Waals surface area (Å²) in [6.07, 6.45) is 7.52. The van der Waals surface area contributed by atoms with Crippen molar-refractivity contribution >= 4 is 21.6 Å². The molecular weight excluding hydrogens is 300 g/mol. The van der Waals surface area contributed by atoms with Gasteiger partial charge in [0.1, 0.15) is 0 Å². The second-order valence-electron chi connectivity index (χ2n) is 4.92. The van der Waals surface area contributed by atoms with E-state index in [4.69, 9.17) is 0 Å². The highest BCUT2D eigenvalue weighted by molar-refractivity contribution is 7.89. The SMILES string of the molecule is C/C=C/C=C/C(=O)N1CCc2ccc(S(=O)(=O)NCC)cc21. The summed E-state index contributed by atoms with van der Waals surface area (Å²) in [5, 5.41) is 0. The molecule has 1 heterocycles. The number of benzene rings is 1. The number of allylic oxidation sites excluding steroid dienone is 3. The summed E-state index contributed by atoms with van der Waals surface area (Å²) >= 11 is 0. The van der Waals surface area contributed by atoms with Crippen LogP contribution in [0.1, 0.15) is 19.4 Å². The molecule has 5 nitrogen and oxygen atoms in total. The molecule has 0 saturated heterocycles. The van der Waals surface area contributed by atoms with Gasteiger partial charge < -0.3 is 4.90 Å². The summed E-state index contributed by atoms with van der Waals surface area (Å²) in [5.41, 5.74) is 1.66. The lowest BCUT2D eigenvalue weighted by Gasteiger charge is -2.16. The number of carbonyl (C=O) groups excluding carboxylic acids is 1. The molecule has 0 radical (unpaired) electrons. The van der Waals surface area contributed by atoms with Gasteiger partial charge in [-0.1, -0.05) is 31.2 Å². The van der Waals surface area contributed by atoms with Gasteiger partial charge in [0.15, 0.2) is 0 Å². The number of nitrogens with zero attached hydrogens (tertiary/aromatic N) is 1. The summed E-state index contributed by atoms with van der Waals surface area (Å²) in [5.74, 6) is -0.144. The lowest BCUT2D eigenvalue weighted by molar-refractivity contribution is -0.114. The Morgan fingerprint density at radius 2 is 2.14 bits per heavy atom. The molecule has 1 aliphatic rings. The van der Waals surface area contributed by atoms with Crippen molar-refractivity contribution in [1.29, 1.82) is 0 Å². The lowest BCUT2D eigenvalue weighted by Crippen LogP contribution is -2.27. The predicted molar refractivity (Wildman–Crippen MR) is 87.3 cm³/mol. The maximum atomic E-state index is 12.2. The molecule has 2 rings (SSSR count). The van der Waals surface area contributed by atoms with Gasteiger partial charge in [0.05, 0.1) is 4.90 Å². The summed E-state index contributed by atoms with van der Waals surface area (Å²) in [7, 11) is -3.52. The predicted octanol–water partition coefficient (Wildman–Crippen LogP) is 2.01. The van der Waals surface area contributed by atoms with Crippen molar-refractivity contribution in [2.24, 2.45) is 0 Å². The number of anilines is 1. The Kier molecular flexibility index (Phi) is 5.15. The lowest BCUT2D eigenvalue weighted by atomic mass is 10.2. The third kappa shape index (κ3) is 3.45. The van der Waals surface area contributed by atoms with Crippen LogP contribution in [0.5, 0.6) is 0 Å². The van der Waals surface area contributed by atoms with E-state index in [1.165, 1.54) is 6.08 Å². The largest absolute Gasteiger partial charge is 0.308 e. The molecule has 1 N–H and O–H groups in total. The van der Waals surface area contributed by atoms with Crippen molar-refractivity contribution in [1.82, 2.24) is 4.72 Å². The first-order chi connectivity index (χ1) is 10.5. The van der Waals surface area contributed by atoms with Crippen molar-refractivity contribution in [3.63, 3.8) is 0 Å². The zero-order valence-corrected chi connectivity index (χ0v) is 13.6. The van der Waals surface area contributed by atoms with Crippen LogP contribution in [-0.2, 0) is 21.2 Å². The van der Waals surface area contributed by atoms with E-state index < -0.39 is 10.0 Å². The zero-order valence-electron chi connectivity index (χ0n) is 12.7. The van der Waals surface area contributed by atoms with E-state index in [0.29, 0.717) is 18.8 Å².